The number of rotatable bonds is 2. The molecule has 82 valence electrons. The molecule has 4 heteroatoms. The molecule has 1 aliphatic rings. The first kappa shape index (κ1) is 10.9. The molecule has 0 aliphatic carbocycles. The van der Waals surface area contributed by atoms with Gasteiger partial charge in [-0.25, -0.2) is 4.98 Å². The predicted molar refractivity (Wildman–Crippen MR) is 59.7 cm³/mol. The molecule has 2 rings (SSSR count). The normalized spacial score (nSPS) is 21.6. The van der Waals surface area contributed by atoms with Crippen molar-refractivity contribution in [2.75, 3.05) is 6.61 Å². The highest BCUT2D eigenvalue weighted by Gasteiger charge is 2.17. The van der Waals surface area contributed by atoms with Crippen LogP contribution in [-0.4, -0.2) is 11.6 Å². The van der Waals surface area contributed by atoms with Crippen LogP contribution in [0.2, 0.25) is 5.15 Å². The van der Waals surface area contributed by atoms with Crippen molar-refractivity contribution in [1.29, 1.82) is 0 Å². The second-order valence-corrected chi connectivity index (χ2v) is 4.14. The van der Waals surface area contributed by atoms with Crippen LogP contribution in [0, 0.1) is 0 Å². The van der Waals surface area contributed by atoms with E-state index in [4.69, 9.17) is 22.1 Å². The summed E-state index contributed by atoms with van der Waals surface area (Å²) >= 11 is 5.90. The van der Waals surface area contributed by atoms with Gasteiger partial charge in [-0.15, -0.1) is 0 Å². The lowest BCUT2D eigenvalue weighted by Crippen LogP contribution is -2.12. The first-order valence-electron chi connectivity index (χ1n) is 5.27. The van der Waals surface area contributed by atoms with E-state index >= 15 is 0 Å². The maximum absolute atomic E-state index is 5.90. The molecular formula is C11H15ClN2O. The fourth-order valence-corrected chi connectivity index (χ4v) is 2.02. The summed E-state index contributed by atoms with van der Waals surface area (Å²) in [6.07, 6.45) is 5.39. The summed E-state index contributed by atoms with van der Waals surface area (Å²) < 4.78 is 5.68. The van der Waals surface area contributed by atoms with Gasteiger partial charge in [0.25, 0.3) is 0 Å². The van der Waals surface area contributed by atoms with Crippen molar-refractivity contribution in [1.82, 2.24) is 4.98 Å². The molecule has 1 fully saturated rings. The summed E-state index contributed by atoms with van der Waals surface area (Å²) in [6.45, 7) is 1.26. The van der Waals surface area contributed by atoms with Crippen LogP contribution in [0.5, 0.6) is 0 Å². The molecule has 1 atom stereocenters. The van der Waals surface area contributed by atoms with Gasteiger partial charge >= 0.3 is 0 Å². The number of nitrogens with two attached hydrogens (primary N) is 1. The summed E-state index contributed by atoms with van der Waals surface area (Å²) in [6, 6.07) is 2.01. The quantitative estimate of drug-likeness (QED) is 0.788. The minimum atomic E-state index is 0.175. The van der Waals surface area contributed by atoms with Gasteiger partial charge in [0.05, 0.1) is 6.10 Å². The maximum atomic E-state index is 5.90. The average molecular weight is 227 g/mol. The zero-order valence-electron chi connectivity index (χ0n) is 8.58. The zero-order valence-corrected chi connectivity index (χ0v) is 9.33. The van der Waals surface area contributed by atoms with E-state index in [0.717, 1.165) is 30.6 Å². The van der Waals surface area contributed by atoms with Gasteiger partial charge in [-0.3, -0.25) is 0 Å². The second-order valence-electron chi connectivity index (χ2n) is 3.78. The lowest BCUT2D eigenvalue weighted by Gasteiger charge is -2.23. The van der Waals surface area contributed by atoms with Crippen LogP contribution in [0.4, 0.5) is 0 Å². The Bertz CT molecular complexity index is 337. The highest BCUT2D eigenvalue weighted by molar-refractivity contribution is 6.30. The number of aromatic nitrogens is 1. The molecule has 2 heterocycles. The maximum Gasteiger partial charge on any atom is 0.133 e. The van der Waals surface area contributed by atoms with Gasteiger partial charge in [0.2, 0.25) is 0 Å². The van der Waals surface area contributed by atoms with Gasteiger partial charge in [0.15, 0.2) is 0 Å². The van der Waals surface area contributed by atoms with Gasteiger partial charge in [-0.1, -0.05) is 11.6 Å². The number of pyridine rings is 1. The van der Waals surface area contributed by atoms with Crippen molar-refractivity contribution >= 4 is 11.6 Å². The van der Waals surface area contributed by atoms with Crippen molar-refractivity contribution in [3.05, 3.63) is 28.5 Å². The number of hydrogen-bond donors (Lipinski definition) is 1. The molecular weight excluding hydrogens is 212 g/mol. The first-order chi connectivity index (χ1) is 7.31. The monoisotopic (exact) mass is 226 g/mol. The van der Waals surface area contributed by atoms with Crippen LogP contribution in [0.3, 0.4) is 0 Å². The van der Waals surface area contributed by atoms with Crippen LogP contribution >= 0.6 is 11.6 Å². The van der Waals surface area contributed by atoms with Crippen molar-refractivity contribution < 1.29 is 4.74 Å². The molecule has 1 aromatic rings. The fourth-order valence-electron chi connectivity index (χ4n) is 1.83. The highest BCUT2D eigenvalue weighted by atomic mass is 35.5. The lowest BCUT2D eigenvalue weighted by molar-refractivity contribution is 0.0147. The Morgan fingerprint density at radius 3 is 3.07 bits per heavy atom. The van der Waals surface area contributed by atoms with E-state index < -0.39 is 0 Å². The van der Waals surface area contributed by atoms with Gasteiger partial charge < -0.3 is 10.5 Å². The summed E-state index contributed by atoms with van der Waals surface area (Å²) in [5, 5.41) is 0.497. The summed E-state index contributed by atoms with van der Waals surface area (Å²) in [5.41, 5.74) is 7.57. The Morgan fingerprint density at radius 2 is 2.40 bits per heavy atom. The largest absolute Gasteiger partial charge is 0.373 e. The van der Waals surface area contributed by atoms with Gasteiger partial charge in [-0.2, -0.15) is 0 Å². The molecule has 0 amide bonds. The van der Waals surface area contributed by atoms with Gasteiger partial charge in [0.1, 0.15) is 5.15 Å². The Morgan fingerprint density at radius 1 is 1.53 bits per heavy atom. The minimum Gasteiger partial charge on any atom is -0.373 e. The molecule has 0 saturated carbocycles. The van der Waals surface area contributed by atoms with E-state index in [9.17, 15) is 0 Å². The third kappa shape index (κ3) is 2.48. The first-order valence-corrected chi connectivity index (χ1v) is 5.65. The van der Waals surface area contributed by atoms with Crippen LogP contribution in [0.15, 0.2) is 12.3 Å². The Labute approximate surface area is 94.6 Å². The minimum absolute atomic E-state index is 0.175. The molecule has 2 N–H and O–H groups in total. The molecule has 3 nitrogen and oxygen atoms in total. The van der Waals surface area contributed by atoms with E-state index in [-0.39, 0.29) is 6.10 Å². The Hall–Kier alpha value is -0.640. The zero-order chi connectivity index (χ0) is 10.7. The number of ether oxygens (including phenoxy) is 1. The molecule has 0 aromatic carbocycles. The standard InChI is InChI=1S/C11H15ClN2O/c12-11-8(6-13)5-9(7-14-11)10-3-1-2-4-15-10/h5,7,10H,1-4,6,13H2. The Kier molecular flexibility index (Phi) is 3.57. The van der Waals surface area contributed by atoms with E-state index in [1.54, 1.807) is 6.20 Å². The van der Waals surface area contributed by atoms with Gasteiger partial charge in [-0.05, 0) is 30.9 Å². The Balaban J connectivity index is 2.20. The predicted octanol–water partition coefficient (Wildman–Crippen LogP) is 2.44. The highest BCUT2D eigenvalue weighted by Crippen LogP contribution is 2.28. The van der Waals surface area contributed by atoms with Crippen molar-refractivity contribution in [3.63, 3.8) is 0 Å². The molecule has 1 unspecified atom stereocenters. The van der Waals surface area contributed by atoms with Crippen LogP contribution in [0.1, 0.15) is 36.5 Å². The van der Waals surface area contributed by atoms with Crippen LogP contribution in [0.25, 0.3) is 0 Å². The summed E-state index contributed by atoms with van der Waals surface area (Å²) in [4.78, 5) is 4.13. The number of halogens is 1. The SMILES string of the molecule is NCc1cc(C2CCCCO2)cnc1Cl. The summed E-state index contributed by atoms with van der Waals surface area (Å²) in [5.74, 6) is 0. The van der Waals surface area contributed by atoms with E-state index in [2.05, 4.69) is 4.98 Å². The number of nitrogens with zero attached hydrogens (tertiary/aromatic N) is 1. The van der Waals surface area contributed by atoms with E-state index in [1.807, 2.05) is 6.07 Å². The van der Waals surface area contributed by atoms with E-state index in [0.29, 0.717) is 11.7 Å². The fraction of sp³-hybridized carbons (Fsp3) is 0.545. The molecule has 1 aliphatic heterocycles. The van der Waals surface area contributed by atoms with Crippen LogP contribution < -0.4 is 5.73 Å². The molecule has 1 aromatic heterocycles. The molecule has 15 heavy (non-hydrogen) atoms. The topological polar surface area (TPSA) is 48.1 Å². The third-order valence-electron chi connectivity index (χ3n) is 2.70. The molecule has 0 radical (unpaired) electrons. The second kappa shape index (κ2) is 4.92. The lowest BCUT2D eigenvalue weighted by atomic mass is 10.0. The summed E-state index contributed by atoms with van der Waals surface area (Å²) in [7, 11) is 0. The van der Waals surface area contributed by atoms with Crippen LogP contribution in [-0.2, 0) is 11.3 Å². The number of hydrogen-bond acceptors (Lipinski definition) is 3. The average Bonchev–Trinajstić information content (AvgIpc) is 2.31. The van der Waals surface area contributed by atoms with Crippen molar-refractivity contribution in [2.45, 2.75) is 31.9 Å². The molecule has 1 saturated heterocycles. The molecule has 0 bridgehead atoms. The third-order valence-corrected chi connectivity index (χ3v) is 3.04. The van der Waals surface area contributed by atoms with Crippen molar-refractivity contribution in [2.24, 2.45) is 5.73 Å². The van der Waals surface area contributed by atoms with E-state index in [1.165, 1.54) is 6.42 Å². The van der Waals surface area contributed by atoms with Gasteiger partial charge in [0, 0.05) is 24.9 Å². The molecule has 0 spiro atoms. The smallest absolute Gasteiger partial charge is 0.133 e. The van der Waals surface area contributed by atoms with Crippen molar-refractivity contribution in [3.8, 4) is 0 Å².